The molecular weight excluding hydrogens is 301 g/mol. The fraction of sp³-hybridized carbons (Fsp3) is 0.300. The largest absolute Gasteiger partial charge is 0.454 e. The second-order valence-electron chi connectivity index (χ2n) is 3.36. The summed E-state index contributed by atoms with van der Waals surface area (Å²) < 4.78 is 87.3. The predicted octanol–water partition coefficient (Wildman–Crippen LogP) is 4.31. The van der Waals surface area contributed by atoms with Gasteiger partial charge in [0, 0.05) is 4.90 Å². The molecule has 0 atom stereocenters. The van der Waals surface area contributed by atoms with Gasteiger partial charge >= 0.3 is 12.4 Å². The zero-order valence-corrected chi connectivity index (χ0v) is 9.93. The van der Waals surface area contributed by atoms with Crippen LogP contribution < -0.4 is 0 Å². The van der Waals surface area contributed by atoms with Crippen molar-refractivity contribution in [2.45, 2.75) is 17.2 Å². The van der Waals surface area contributed by atoms with Crippen LogP contribution in [0.25, 0.3) is 0 Å². The van der Waals surface area contributed by atoms with Gasteiger partial charge in [-0.15, -0.1) is 11.8 Å². The molecule has 0 spiro atoms. The molecule has 9 heteroatoms. The Morgan fingerprint density at radius 2 is 1.63 bits per heavy atom. The summed E-state index contributed by atoms with van der Waals surface area (Å²) >= 11 is 0.664. The van der Waals surface area contributed by atoms with Gasteiger partial charge in [0.1, 0.15) is 5.82 Å². The summed E-state index contributed by atoms with van der Waals surface area (Å²) in [5.74, 6) is -4.86. The third-order valence-electron chi connectivity index (χ3n) is 2.09. The van der Waals surface area contributed by atoms with E-state index in [4.69, 9.17) is 0 Å². The molecule has 1 aromatic carbocycles. The number of rotatable bonds is 2. The number of thioether (sulfide) groups is 1. The molecule has 0 heterocycles. The van der Waals surface area contributed by atoms with Crippen molar-refractivity contribution in [3.8, 4) is 0 Å². The predicted molar refractivity (Wildman–Crippen MR) is 53.6 cm³/mol. The Morgan fingerprint density at radius 1 is 1.11 bits per heavy atom. The van der Waals surface area contributed by atoms with Crippen LogP contribution in [0.1, 0.15) is 15.9 Å². The van der Waals surface area contributed by atoms with Crippen LogP contribution in [0, 0.1) is 5.82 Å². The van der Waals surface area contributed by atoms with Crippen molar-refractivity contribution in [2.24, 2.45) is 0 Å². The highest BCUT2D eigenvalue weighted by atomic mass is 32.2. The highest BCUT2D eigenvalue weighted by Crippen LogP contribution is 2.36. The summed E-state index contributed by atoms with van der Waals surface area (Å²) in [6.45, 7) is 0. The van der Waals surface area contributed by atoms with Crippen LogP contribution >= 0.6 is 11.8 Å². The van der Waals surface area contributed by atoms with Crippen LogP contribution in [0.4, 0.5) is 30.7 Å². The van der Waals surface area contributed by atoms with Gasteiger partial charge in [-0.1, -0.05) is 0 Å². The van der Waals surface area contributed by atoms with Gasteiger partial charge < -0.3 is 0 Å². The maximum atomic E-state index is 13.4. The van der Waals surface area contributed by atoms with E-state index in [0.717, 1.165) is 0 Å². The number of Topliss-reactive ketones (excluding diaryl/α,β-unsaturated/α-hetero) is 1. The van der Waals surface area contributed by atoms with E-state index in [9.17, 15) is 35.5 Å². The summed E-state index contributed by atoms with van der Waals surface area (Å²) in [7, 11) is 0. The van der Waals surface area contributed by atoms with Gasteiger partial charge in [0.15, 0.2) is 0 Å². The van der Waals surface area contributed by atoms with Gasteiger partial charge in [-0.05, 0) is 18.4 Å². The lowest BCUT2D eigenvalue weighted by Gasteiger charge is -2.13. The number of alkyl halides is 6. The molecule has 0 amide bonds. The number of carbonyl (C=O) groups is 1. The standard InChI is InChI=1S/C10H5F7OS/c1-19-4-2-5(8(18)10(15,16)17)7(11)6(3-4)9(12,13)14/h2-3H,1H3. The number of hydrogen-bond acceptors (Lipinski definition) is 2. The summed E-state index contributed by atoms with van der Waals surface area (Å²) in [4.78, 5) is 10.6. The summed E-state index contributed by atoms with van der Waals surface area (Å²) in [5.41, 5.74) is -3.53. The topological polar surface area (TPSA) is 17.1 Å². The Hall–Kier alpha value is -1.25. The Morgan fingerprint density at radius 3 is 2.00 bits per heavy atom. The molecule has 19 heavy (non-hydrogen) atoms. The van der Waals surface area contributed by atoms with Crippen molar-refractivity contribution >= 4 is 17.5 Å². The lowest BCUT2D eigenvalue weighted by molar-refractivity contribution is -0.140. The van der Waals surface area contributed by atoms with Crippen LogP contribution in [0.3, 0.4) is 0 Å². The first-order valence-corrected chi connectivity index (χ1v) is 5.77. The molecule has 0 aliphatic rings. The van der Waals surface area contributed by atoms with Crippen molar-refractivity contribution in [3.63, 3.8) is 0 Å². The maximum absolute atomic E-state index is 13.4. The second-order valence-corrected chi connectivity index (χ2v) is 4.24. The molecule has 0 aliphatic carbocycles. The van der Waals surface area contributed by atoms with Crippen molar-refractivity contribution in [1.29, 1.82) is 0 Å². The Bertz CT molecular complexity index is 504. The van der Waals surface area contributed by atoms with E-state index in [0.29, 0.717) is 23.9 Å². The molecule has 0 N–H and O–H groups in total. The minimum absolute atomic E-state index is 0.290. The third kappa shape index (κ3) is 3.40. The van der Waals surface area contributed by atoms with Gasteiger partial charge in [-0.3, -0.25) is 4.79 Å². The molecule has 0 radical (unpaired) electrons. The van der Waals surface area contributed by atoms with E-state index >= 15 is 0 Å². The van der Waals surface area contributed by atoms with Crippen molar-refractivity contribution < 1.29 is 35.5 Å². The van der Waals surface area contributed by atoms with Crippen molar-refractivity contribution in [1.82, 2.24) is 0 Å². The summed E-state index contributed by atoms with van der Waals surface area (Å²) in [6, 6.07) is 0.804. The van der Waals surface area contributed by atoms with Crippen LogP contribution in [-0.4, -0.2) is 18.2 Å². The minimum Gasteiger partial charge on any atom is -0.284 e. The molecule has 0 aliphatic heterocycles. The fourth-order valence-corrected chi connectivity index (χ4v) is 1.71. The van der Waals surface area contributed by atoms with Gasteiger partial charge in [-0.25, -0.2) is 4.39 Å². The van der Waals surface area contributed by atoms with Gasteiger partial charge in [-0.2, -0.15) is 26.3 Å². The first-order chi connectivity index (χ1) is 8.48. The summed E-state index contributed by atoms with van der Waals surface area (Å²) in [6.07, 6.45) is -9.34. The van der Waals surface area contributed by atoms with Crippen molar-refractivity contribution in [3.05, 3.63) is 29.1 Å². The van der Waals surface area contributed by atoms with E-state index in [1.807, 2.05) is 0 Å². The van der Waals surface area contributed by atoms with E-state index in [2.05, 4.69) is 0 Å². The molecule has 0 saturated carbocycles. The molecule has 1 nitrogen and oxygen atoms in total. The third-order valence-corrected chi connectivity index (χ3v) is 2.80. The Balaban J connectivity index is 3.53. The first kappa shape index (κ1) is 15.8. The maximum Gasteiger partial charge on any atom is 0.454 e. The van der Waals surface area contributed by atoms with Crippen LogP contribution in [-0.2, 0) is 6.18 Å². The smallest absolute Gasteiger partial charge is 0.284 e. The normalized spacial score (nSPS) is 12.6. The number of ketones is 1. The molecule has 0 aromatic heterocycles. The quantitative estimate of drug-likeness (QED) is 0.460. The summed E-state index contributed by atoms with van der Waals surface area (Å²) in [5, 5.41) is 0. The molecule has 0 saturated heterocycles. The van der Waals surface area contributed by atoms with E-state index in [1.54, 1.807) is 0 Å². The fourth-order valence-electron chi connectivity index (χ4n) is 1.24. The van der Waals surface area contributed by atoms with Crippen LogP contribution in [0.2, 0.25) is 0 Å². The molecule has 1 rings (SSSR count). The number of carbonyl (C=O) groups excluding carboxylic acids is 1. The van der Waals surface area contributed by atoms with E-state index < -0.39 is 35.1 Å². The molecule has 1 aromatic rings. The van der Waals surface area contributed by atoms with Crippen LogP contribution in [0.15, 0.2) is 17.0 Å². The second kappa shape index (κ2) is 5.03. The monoisotopic (exact) mass is 306 g/mol. The average molecular weight is 306 g/mol. The Labute approximate surface area is 106 Å². The van der Waals surface area contributed by atoms with Gasteiger partial charge in [0.2, 0.25) is 0 Å². The Kier molecular flexibility index (Phi) is 4.18. The lowest BCUT2D eigenvalue weighted by atomic mass is 10.1. The minimum atomic E-state index is -5.44. The molecule has 0 unspecified atom stereocenters. The SMILES string of the molecule is CSc1cc(C(=O)C(F)(F)F)c(F)c(C(F)(F)F)c1. The van der Waals surface area contributed by atoms with Crippen molar-refractivity contribution in [2.75, 3.05) is 6.26 Å². The van der Waals surface area contributed by atoms with E-state index in [1.165, 1.54) is 6.26 Å². The van der Waals surface area contributed by atoms with Gasteiger partial charge in [0.25, 0.3) is 5.78 Å². The lowest BCUT2D eigenvalue weighted by Crippen LogP contribution is -2.25. The number of benzene rings is 1. The van der Waals surface area contributed by atoms with Crippen LogP contribution in [0.5, 0.6) is 0 Å². The molecule has 0 fully saturated rings. The van der Waals surface area contributed by atoms with E-state index in [-0.39, 0.29) is 4.90 Å². The van der Waals surface area contributed by atoms with Gasteiger partial charge in [0.05, 0.1) is 11.1 Å². The highest BCUT2D eigenvalue weighted by molar-refractivity contribution is 7.98. The highest BCUT2D eigenvalue weighted by Gasteiger charge is 2.44. The zero-order chi connectivity index (χ0) is 15.0. The molecule has 0 bridgehead atoms. The number of hydrogen-bond donors (Lipinski definition) is 0. The number of halogens is 7. The first-order valence-electron chi connectivity index (χ1n) is 4.54. The molecular formula is C10H5F7OS. The average Bonchev–Trinajstić information content (AvgIpc) is 2.25. The zero-order valence-electron chi connectivity index (χ0n) is 9.12. The molecule has 106 valence electrons.